The zero-order chi connectivity index (χ0) is 17.8. The van der Waals surface area contributed by atoms with Crippen LogP contribution in [0.25, 0.3) is 0 Å². The summed E-state index contributed by atoms with van der Waals surface area (Å²) in [6.45, 7) is 0.847. The van der Waals surface area contributed by atoms with E-state index in [1.807, 2.05) is 18.2 Å². The Morgan fingerprint density at radius 2 is 2.08 bits per heavy atom. The number of nitrogens with two attached hydrogens (primary N) is 1. The number of hydrogen-bond acceptors (Lipinski definition) is 4. The van der Waals surface area contributed by atoms with Gasteiger partial charge in [-0.1, -0.05) is 24.3 Å². The lowest BCUT2D eigenvalue weighted by atomic mass is 9.87. The number of aryl methyl sites for hydroxylation is 1. The molecule has 1 heterocycles. The first-order chi connectivity index (χ1) is 12.1. The van der Waals surface area contributed by atoms with E-state index in [0.29, 0.717) is 19.5 Å². The Labute approximate surface area is 147 Å². The molecule has 134 valence electrons. The van der Waals surface area contributed by atoms with E-state index in [4.69, 9.17) is 5.73 Å². The van der Waals surface area contributed by atoms with Gasteiger partial charge in [0.05, 0.1) is 19.1 Å². The highest BCUT2D eigenvalue weighted by molar-refractivity contribution is 5.86. The van der Waals surface area contributed by atoms with Crippen LogP contribution in [0.5, 0.6) is 0 Å². The van der Waals surface area contributed by atoms with Gasteiger partial charge in [0, 0.05) is 13.1 Å². The molecule has 3 amide bonds. The van der Waals surface area contributed by atoms with Crippen LogP contribution >= 0.6 is 0 Å². The van der Waals surface area contributed by atoms with E-state index in [1.165, 1.54) is 10.5 Å². The van der Waals surface area contributed by atoms with Crippen molar-refractivity contribution in [3.8, 4) is 0 Å². The number of hydrogen-bond donors (Lipinski definition) is 2. The van der Waals surface area contributed by atoms with Crippen LogP contribution in [-0.2, 0) is 20.8 Å². The van der Waals surface area contributed by atoms with Gasteiger partial charge in [-0.2, -0.15) is 0 Å². The van der Waals surface area contributed by atoms with Crippen molar-refractivity contribution in [1.29, 1.82) is 0 Å². The highest BCUT2D eigenvalue weighted by Crippen LogP contribution is 2.29. The second-order valence-electron chi connectivity index (χ2n) is 6.56. The number of fused-ring (bicyclic) bond motifs is 1. The van der Waals surface area contributed by atoms with E-state index in [-0.39, 0.29) is 30.9 Å². The summed E-state index contributed by atoms with van der Waals surface area (Å²) in [5.41, 5.74) is 7.82. The van der Waals surface area contributed by atoms with Gasteiger partial charge < -0.3 is 20.9 Å². The van der Waals surface area contributed by atoms with Crippen LogP contribution in [0.15, 0.2) is 24.3 Å². The number of nitrogens with zero attached hydrogens (tertiary/aromatic N) is 2. The molecule has 1 saturated heterocycles. The van der Waals surface area contributed by atoms with E-state index in [9.17, 15) is 14.4 Å². The van der Waals surface area contributed by atoms with Gasteiger partial charge in [0.15, 0.2) is 0 Å². The van der Waals surface area contributed by atoms with Crippen molar-refractivity contribution in [3.05, 3.63) is 35.4 Å². The summed E-state index contributed by atoms with van der Waals surface area (Å²) in [6, 6.07) is 7.40. The first-order valence-electron chi connectivity index (χ1n) is 8.71. The normalized spacial score (nSPS) is 22.9. The minimum Gasteiger partial charge on any atom is -0.347 e. The van der Waals surface area contributed by atoms with E-state index in [2.05, 4.69) is 11.4 Å². The van der Waals surface area contributed by atoms with Crippen molar-refractivity contribution in [2.75, 3.05) is 26.2 Å². The fourth-order valence-electron chi connectivity index (χ4n) is 3.68. The lowest BCUT2D eigenvalue weighted by Gasteiger charge is -2.39. The van der Waals surface area contributed by atoms with Gasteiger partial charge in [0.25, 0.3) is 0 Å². The topological polar surface area (TPSA) is 95.7 Å². The Hall–Kier alpha value is -2.41. The Bertz CT molecular complexity index is 663. The van der Waals surface area contributed by atoms with Gasteiger partial charge in [0.1, 0.15) is 6.04 Å². The van der Waals surface area contributed by atoms with Gasteiger partial charge in [-0.25, -0.2) is 0 Å². The van der Waals surface area contributed by atoms with E-state index >= 15 is 0 Å². The van der Waals surface area contributed by atoms with E-state index < -0.39 is 6.04 Å². The molecule has 3 N–H and O–H groups in total. The third-order valence-corrected chi connectivity index (χ3v) is 5.07. The van der Waals surface area contributed by atoms with Crippen molar-refractivity contribution >= 4 is 18.2 Å². The minimum absolute atomic E-state index is 0.0495. The van der Waals surface area contributed by atoms with Crippen LogP contribution in [0.2, 0.25) is 0 Å². The highest BCUT2D eigenvalue weighted by atomic mass is 16.2. The molecule has 1 fully saturated rings. The number of piperazine rings is 1. The van der Waals surface area contributed by atoms with E-state index in [0.717, 1.165) is 24.8 Å². The number of carbonyl (C=O) groups is 3. The van der Waals surface area contributed by atoms with Crippen LogP contribution in [0.1, 0.15) is 30.0 Å². The zero-order valence-corrected chi connectivity index (χ0v) is 14.2. The van der Waals surface area contributed by atoms with Crippen molar-refractivity contribution in [2.24, 2.45) is 5.73 Å². The minimum atomic E-state index is -0.671. The molecular weight excluding hydrogens is 320 g/mol. The van der Waals surface area contributed by atoms with Gasteiger partial charge in [-0.3, -0.25) is 14.4 Å². The Balaban J connectivity index is 1.73. The SMILES string of the molecule is NCC(=O)N1CCN(C=O)C(C(=O)NC2CCCc3ccccc32)C1. The molecule has 1 aliphatic carbocycles. The maximum absolute atomic E-state index is 12.8. The molecule has 3 rings (SSSR count). The zero-order valence-electron chi connectivity index (χ0n) is 14.2. The summed E-state index contributed by atoms with van der Waals surface area (Å²) in [4.78, 5) is 39.0. The molecule has 2 aliphatic rings. The van der Waals surface area contributed by atoms with Gasteiger partial charge in [-0.05, 0) is 30.4 Å². The van der Waals surface area contributed by atoms with Crippen molar-refractivity contribution < 1.29 is 14.4 Å². The summed E-state index contributed by atoms with van der Waals surface area (Å²) < 4.78 is 0. The molecular formula is C18H24N4O3. The molecule has 7 heteroatoms. The molecule has 1 aliphatic heterocycles. The number of amides is 3. The molecule has 1 aromatic rings. The van der Waals surface area contributed by atoms with Crippen LogP contribution < -0.4 is 11.1 Å². The summed E-state index contributed by atoms with van der Waals surface area (Å²) in [6.07, 6.45) is 3.60. The quantitative estimate of drug-likeness (QED) is 0.740. The van der Waals surface area contributed by atoms with Crippen LogP contribution in [0.3, 0.4) is 0 Å². The smallest absolute Gasteiger partial charge is 0.245 e. The number of nitrogens with one attached hydrogen (secondary N) is 1. The standard InChI is InChI=1S/C18H24N4O3/c19-10-17(24)21-8-9-22(12-23)16(11-21)18(25)20-15-7-3-5-13-4-1-2-6-14(13)15/h1-2,4,6,12,15-16H,3,5,7-11,19H2,(H,20,25). The Morgan fingerprint density at radius 1 is 1.28 bits per heavy atom. The summed E-state index contributed by atoms with van der Waals surface area (Å²) in [5, 5.41) is 3.08. The number of benzene rings is 1. The average Bonchev–Trinajstić information content (AvgIpc) is 2.67. The second kappa shape index (κ2) is 7.65. The van der Waals surface area contributed by atoms with Gasteiger partial charge >= 0.3 is 0 Å². The van der Waals surface area contributed by atoms with E-state index in [1.54, 1.807) is 4.90 Å². The Kier molecular flexibility index (Phi) is 5.33. The second-order valence-corrected chi connectivity index (χ2v) is 6.56. The number of carbonyl (C=O) groups excluding carboxylic acids is 3. The molecule has 0 bridgehead atoms. The predicted octanol–water partition coefficient (Wildman–Crippen LogP) is -0.192. The largest absolute Gasteiger partial charge is 0.347 e. The molecule has 0 aromatic heterocycles. The maximum Gasteiger partial charge on any atom is 0.245 e. The van der Waals surface area contributed by atoms with Crippen molar-refractivity contribution in [2.45, 2.75) is 31.3 Å². The molecule has 2 unspecified atom stereocenters. The Morgan fingerprint density at radius 3 is 2.84 bits per heavy atom. The van der Waals surface area contributed by atoms with Crippen molar-refractivity contribution in [3.63, 3.8) is 0 Å². The van der Waals surface area contributed by atoms with Crippen LogP contribution in [0.4, 0.5) is 0 Å². The first kappa shape index (κ1) is 17.4. The molecule has 25 heavy (non-hydrogen) atoms. The average molecular weight is 344 g/mol. The molecule has 0 spiro atoms. The maximum atomic E-state index is 12.8. The predicted molar refractivity (Wildman–Crippen MR) is 92.5 cm³/mol. The molecule has 1 aromatic carbocycles. The first-order valence-corrected chi connectivity index (χ1v) is 8.71. The summed E-state index contributed by atoms with van der Waals surface area (Å²) in [7, 11) is 0. The fraction of sp³-hybridized carbons (Fsp3) is 0.500. The van der Waals surface area contributed by atoms with Crippen LogP contribution in [-0.4, -0.2) is 60.2 Å². The third kappa shape index (κ3) is 3.66. The molecule has 7 nitrogen and oxygen atoms in total. The van der Waals surface area contributed by atoms with Crippen LogP contribution in [0, 0.1) is 0 Å². The molecule has 2 atom stereocenters. The lowest BCUT2D eigenvalue weighted by Crippen LogP contribution is -2.60. The summed E-state index contributed by atoms with van der Waals surface area (Å²) >= 11 is 0. The third-order valence-electron chi connectivity index (χ3n) is 5.07. The number of rotatable bonds is 4. The van der Waals surface area contributed by atoms with Gasteiger partial charge in [-0.15, -0.1) is 0 Å². The fourth-order valence-corrected chi connectivity index (χ4v) is 3.68. The lowest BCUT2D eigenvalue weighted by molar-refractivity contribution is -0.142. The highest BCUT2D eigenvalue weighted by Gasteiger charge is 2.34. The monoisotopic (exact) mass is 344 g/mol. The van der Waals surface area contributed by atoms with Crippen molar-refractivity contribution in [1.82, 2.24) is 15.1 Å². The summed E-state index contributed by atoms with van der Waals surface area (Å²) in [5.74, 6) is -0.422. The van der Waals surface area contributed by atoms with Gasteiger partial charge in [0.2, 0.25) is 18.2 Å². The molecule has 0 saturated carbocycles. The molecule has 0 radical (unpaired) electrons.